The number of carbonyl (C=O) groups excluding carboxylic acids is 1. The highest BCUT2D eigenvalue weighted by Gasteiger charge is 2.20. The second kappa shape index (κ2) is 4.66. The fourth-order valence-corrected chi connectivity index (χ4v) is 1.43. The molecule has 0 saturated heterocycles. The highest BCUT2D eigenvalue weighted by molar-refractivity contribution is 5.97. The second-order valence-electron chi connectivity index (χ2n) is 3.61. The maximum atomic E-state index is 12.0. The van der Waals surface area contributed by atoms with Crippen LogP contribution in [0.25, 0.3) is 0 Å². The van der Waals surface area contributed by atoms with Gasteiger partial charge >= 0.3 is 0 Å². The van der Waals surface area contributed by atoms with Crippen LogP contribution in [0.1, 0.15) is 22.6 Å². The number of aromatic nitrogens is 2. The van der Waals surface area contributed by atoms with E-state index in [-0.39, 0.29) is 5.91 Å². The normalized spacial score (nSPS) is 9.88. The van der Waals surface area contributed by atoms with Crippen LogP contribution in [0, 0.1) is 18.3 Å². The molecule has 0 aliphatic heterocycles. The van der Waals surface area contributed by atoms with Crippen molar-refractivity contribution >= 4 is 11.6 Å². The van der Waals surface area contributed by atoms with Crippen LogP contribution in [0.2, 0.25) is 0 Å². The zero-order valence-corrected chi connectivity index (χ0v) is 9.69. The number of nitrogens with two attached hydrogens (primary N) is 1. The van der Waals surface area contributed by atoms with Gasteiger partial charge in [0.05, 0.1) is 23.9 Å². The standard InChI is InChI=1S/C10H15N5O/c1-7-8(12)9(15(3)13-7)10(16)14(2)6-4-5-11/h4,6,12H2,1-3H3. The van der Waals surface area contributed by atoms with Crippen molar-refractivity contribution in [2.24, 2.45) is 7.05 Å². The Balaban J connectivity index is 2.92. The van der Waals surface area contributed by atoms with E-state index >= 15 is 0 Å². The highest BCUT2D eigenvalue weighted by atomic mass is 16.2. The van der Waals surface area contributed by atoms with E-state index in [1.165, 1.54) is 9.58 Å². The lowest BCUT2D eigenvalue weighted by Crippen LogP contribution is -2.29. The minimum atomic E-state index is -0.212. The number of nitriles is 1. The van der Waals surface area contributed by atoms with Crippen LogP contribution in [0.4, 0.5) is 5.69 Å². The van der Waals surface area contributed by atoms with Crippen LogP contribution < -0.4 is 5.73 Å². The van der Waals surface area contributed by atoms with E-state index in [2.05, 4.69) is 5.10 Å². The molecular formula is C10H15N5O. The quantitative estimate of drug-likeness (QED) is 0.794. The molecule has 0 saturated carbocycles. The fraction of sp³-hybridized carbons (Fsp3) is 0.500. The summed E-state index contributed by atoms with van der Waals surface area (Å²) in [7, 11) is 3.32. The molecule has 86 valence electrons. The molecule has 0 unspecified atom stereocenters. The molecule has 16 heavy (non-hydrogen) atoms. The number of hydrogen-bond acceptors (Lipinski definition) is 4. The summed E-state index contributed by atoms with van der Waals surface area (Å²) in [6, 6.07) is 1.99. The third-order valence-corrected chi connectivity index (χ3v) is 2.38. The van der Waals surface area contributed by atoms with Crippen molar-refractivity contribution in [2.45, 2.75) is 13.3 Å². The van der Waals surface area contributed by atoms with Gasteiger partial charge in [0.1, 0.15) is 5.69 Å². The lowest BCUT2D eigenvalue weighted by molar-refractivity contribution is 0.0788. The fourth-order valence-electron chi connectivity index (χ4n) is 1.43. The first-order valence-electron chi connectivity index (χ1n) is 4.90. The predicted octanol–water partition coefficient (Wildman–Crippen LogP) is 0.296. The van der Waals surface area contributed by atoms with E-state index in [4.69, 9.17) is 11.0 Å². The number of rotatable bonds is 3. The van der Waals surface area contributed by atoms with E-state index < -0.39 is 0 Å². The zero-order valence-electron chi connectivity index (χ0n) is 9.69. The molecule has 0 radical (unpaired) electrons. The highest BCUT2D eigenvalue weighted by Crippen LogP contribution is 2.16. The maximum absolute atomic E-state index is 12.0. The first-order chi connectivity index (χ1) is 7.49. The van der Waals surface area contributed by atoms with Gasteiger partial charge in [-0.2, -0.15) is 10.4 Å². The SMILES string of the molecule is Cc1nn(C)c(C(=O)N(C)CCC#N)c1N. The van der Waals surface area contributed by atoms with Gasteiger partial charge in [-0.25, -0.2) is 0 Å². The van der Waals surface area contributed by atoms with Crippen molar-refractivity contribution in [3.05, 3.63) is 11.4 Å². The van der Waals surface area contributed by atoms with Gasteiger partial charge in [0, 0.05) is 20.6 Å². The van der Waals surface area contributed by atoms with E-state index in [0.29, 0.717) is 30.0 Å². The summed E-state index contributed by atoms with van der Waals surface area (Å²) in [5, 5.41) is 12.5. The average molecular weight is 221 g/mol. The molecule has 0 aliphatic rings. The molecule has 1 aromatic rings. The third kappa shape index (κ3) is 2.14. The summed E-state index contributed by atoms with van der Waals surface area (Å²) in [4.78, 5) is 13.4. The van der Waals surface area contributed by atoms with Gasteiger partial charge < -0.3 is 10.6 Å². The topological polar surface area (TPSA) is 87.9 Å². The van der Waals surface area contributed by atoms with E-state index in [0.717, 1.165) is 0 Å². The molecule has 0 bridgehead atoms. The number of anilines is 1. The van der Waals surface area contributed by atoms with E-state index in [9.17, 15) is 4.79 Å². The predicted molar refractivity (Wildman–Crippen MR) is 59.5 cm³/mol. The molecule has 2 N–H and O–H groups in total. The summed E-state index contributed by atoms with van der Waals surface area (Å²) < 4.78 is 1.47. The molecular weight excluding hydrogens is 206 g/mol. The molecule has 0 spiro atoms. The van der Waals surface area contributed by atoms with Gasteiger partial charge in [-0.15, -0.1) is 0 Å². The molecule has 1 amide bonds. The molecule has 6 nitrogen and oxygen atoms in total. The van der Waals surface area contributed by atoms with Crippen LogP contribution >= 0.6 is 0 Å². The van der Waals surface area contributed by atoms with Crippen LogP contribution in [0.3, 0.4) is 0 Å². The molecule has 1 aromatic heterocycles. The average Bonchev–Trinajstić information content (AvgIpc) is 2.49. The lowest BCUT2D eigenvalue weighted by Gasteiger charge is -2.15. The molecule has 0 aliphatic carbocycles. The molecule has 6 heteroatoms. The molecule has 1 heterocycles. The first kappa shape index (κ1) is 12.0. The monoisotopic (exact) mass is 221 g/mol. The Hall–Kier alpha value is -2.03. The Morgan fingerprint density at radius 3 is 2.75 bits per heavy atom. The first-order valence-corrected chi connectivity index (χ1v) is 4.90. The maximum Gasteiger partial charge on any atom is 0.274 e. The zero-order chi connectivity index (χ0) is 12.3. The van der Waals surface area contributed by atoms with Crippen molar-refractivity contribution < 1.29 is 4.79 Å². The molecule has 0 fully saturated rings. The minimum absolute atomic E-state index is 0.212. The van der Waals surface area contributed by atoms with Gasteiger partial charge in [0.2, 0.25) is 0 Å². The van der Waals surface area contributed by atoms with Crippen LogP contribution in [-0.2, 0) is 7.05 Å². The Morgan fingerprint density at radius 1 is 1.69 bits per heavy atom. The van der Waals surface area contributed by atoms with Gasteiger partial charge in [0.15, 0.2) is 0 Å². The van der Waals surface area contributed by atoms with Crippen molar-refractivity contribution in [1.29, 1.82) is 5.26 Å². The molecule has 0 atom stereocenters. The number of carbonyl (C=O) groups is 1. The van der Waals surface area contributed by atoms with E-state index in [1.807, 2.05) is 6.07 Å². The second-order valence-corrected chi connectivity index (χ2v) is 3.61. The summed E-state index contributed by atoms with van der Waals surface area (Å²) in [6.45, 7) is 2.14. The number of nitrogens with zero attached hydrogens (tertiary/aromatic N) is 4. The van der Waals surface area contributed by atoms with Gasteiger partial charge in [-0.3, -0.25) is 9.48 Å². The van der Waals surface area contributed by atoms with Crippen LogP contribution in [0.15, 0.2) is 0 Å². The lowest BCUT2D eigenvalue weighted by atomic mass is 10.2. The summed E-state index contributed by atoms with van der Waals surface area (Å²) in [6.07, 6.45) is 0.305. The number of hydrogen-bond donors (Lipinski definition) is 1. The number of aryl methyl sites for hydroxylation is 2. The van der Waals surface area contributed by atoms with E-state index in [1.54, 1.807) is 21.0 Å². The van der Waals surface area contributed by atoms with Gasteiger partial charge in [0.25, 0.3) is 5.91 Å². The summed E-state index contributed by atoms with van der Waals surface area (Å²) in [5.41, 5.74) is 7.19. The number of nitrogen functional groups attached to an aromatic ring is 1. The van der Waals surface area contributed by atoms with Crippen molar-refractivity contribution in [3.8, 4) is 6.07 Å². The Bertz CT molecular complexity index is 443. The van der Waals surface area contributed by atoms with Crippen LogP contribution in [0.5, 0.6) is 0 Å². The summed E-state index contributed by atoms with van der Waals surface area (Å²) in [5.74, 6) is -0.212. The van der Waals surface area contributed by atoms with Crippen molar-refractivity contribution in [1.82, 2.24) is 14.7 Å². The third-order valence-electron chi connectivity index (χ3n) is 2.38. The van der Waals surface area contributed by atoms with Crippen molar-refractivity contribution in [3.63, 3.8) is 0 Å². The Kier molecular flexibility index (Phi) is 3.51. The number of amides is 1. The van der Waals surface area contributed by atoms with Gasteiger partial charge in [-0.1, -0.05) is 0 Å². The van der Waals surface area contributed by atoms with Crippen LogP contribution in [-0.4, -0.2) is 34.2 Å². The largest absolute Gasteiger partial charge is 0.395 e. The van der Waals surface area contributed by atoms with Crippen molar-refractivity contribution in [2.75, 3.05) is 19.3 Å². The smallest absolute Gasteiger partial charge is 0.274 e. The molecule has 0 aromatic carbocycles. The molecule has 1 rings (SSSR count). The van der Waals surface area contributed by atoms with Gasteiger partial charge in [-0.05, 0) is 6.92 Å². The Morgan fingerprint density at radius 2 is 2.31 bits per heavy atom. The summed E-state index contributed by atoms with van der Waals surface area (Å²) >= 11 is 0. The minimum Gasteiger partial charge on any atom is -0.395 e. The Labute approximate surface area is 94.2 Å².